The summed E-state index contributed by atoms with van der Waals surface area (Å²) in [5, 5.41) is 13.6. The van der Waals surface area contributed by atoms with Gasteiger partial charge >= 0.3 is 0 Å². The summed E-state index contributed by atoms with van der Waals surface area (Å²) in [6, 6.07) is 1.92. The Morgan fingerprint density at radius 1 is 1.80 bits per heavy atom. The van der Waals surface area contributed by atoms with Crippen molar-refractivity contribution in [1.82, 2.24) is 9.78 Å². The van der Waals surface area contributed by atoms with Crippen LogP contribution in [0.3, 0.4) is 0 Å². The van der Waals surface area contributed by atoms with E-state index in [2.05, 4.69) is 11.7 Å². The standard InChI is InChI=1S/C11H17N3O/c1-4-11(15)6-10-5-9(3)13-14(10)7-8(2)12/h4-6,8,15H,1,7,12H2,2-3H3/b11-6-. The summed E-state index contributed by atoms with van der Waals surface area (Å²) in [6.45, 7) is 7.93. The quantitative estimate of drug-likeness (QED) is 0.582. The van der Waals surface area contributed by atoms with Gasteiger partial charge in [-0.1, -0.05) is 6.58 Å². The molecule has 0 radical (unpaired) electrons. The van der Waals surface area contributed by atoms with E-state index >= 15 is 0 Å². The number of rotatable bonds is 4. The average Bonchev–Trinajstić information content (AvgIpc) is 2.45. The van der Waals surface area contributed by atoms with Crippen LogP contribution in [-0.4, -0.2) is 20.9 Å². The van der Waals surface area contributed by atoms with Crippen LogP contribution < -0.4 is 5.73 Å². The number of aryl methyl sites for hydroxylation is 1. The van der Waals surface area contributed by atoms with Gasteiger partial charge in [0.05, 0.1) is 17.9 Å². The van der Waals surface area contributed by atoms with E-state index in [9.17, 15) is 5.11 Å². The third-order valence-electron chi connectivity index (χ3n) is 1.90. The maximum absolute atomic E-state index is 9.35. The number of allylic oxidation sites excluding steroid dienone is 1. The van der Waals surface area contributed by atoms with Gasteiger partial charge in [0.15, 0.2) is 0 Å². The highest BCUT2D eigenvalue weighted by Crippen LogP contribution is 2.09. The zero-order valence-corrected chi connectivity index (χ0v) is 9.14. The van der Waals surface area contributed by atoms with Crippen LogP contribution in [0.4, 0.5) is 0 Å². The molecule has 1 rings (SSSR count). The van der Waals surface area contributed by atoms with Crippen LogP contribution in [-0.2, 0) is 6.54 Å². The minimum atomic E-state index is 0.0299. The smallest absolute Gasteiger partial charge is 0.117 e. The van der Waals surface area contributed by atoms with E-state index in [0.717, 1.165) is 11.4 Å². The monoisotopic (exact) mass is 207 g/mol. The highest BCUT2D eigenvalue weighted by molar-refractivity contribution is 5.50. The third kappa shape index (κ3) is 3.25. The lowest BCUT2D eigenvalue weighted by molar-refractivity contribution is 0.437. The second-order valence-corrected chi connectivity index (χ2v) is 3.64. The second kappa shape index (κ2) is 4.79. The fraction of sp³-hybridized carbons (Fsp3) is 0.364. The van der Waals surface area contributed by atoms with Crippen molar-refractivity contribution >= 4 is 6.08 Å². The van der Waals surface area contributed by atoms with Gasteiger partial charge in [0.2, 0.25) is 0 Å². The molecule has 0 saturated carbocycles. The topological polar surface area (TPSA) is 64.1 Å². The van der Waals surface area contributed by atoms with Gasteiger partial charge in [-0.3, -0.25) is 4.68 Å². The number of nitrogens with two attached hydrogens (primary N) is 1. The first-order chi connectivity index (χ1) is 7.02. The third-order valence-corrected chi connectivity index (χ3v) is 1.90. The molecule has 1 aromatic heterocycles. The van der Waals surface area contributed by atoms with E-state index in [4.69, 9.17) is 5.73 Å². The molecule has 0 spiro atoms. The second-order valence-electron chi connectivity index (χ2n) is 3.64. The summed E-state index contributed by atoms with van der Waals surface area (Å²) in [6.07, 6.45) is 3.01. The zero-order chi connectivity index (χ0) is 11.4. The molecule has 4 nitrogen and oxygen atoms in total. The number of aliphatic hydroxyl groups excluding tert-OH is 1. The van der Waals surface area contributed by atoms with E-state index in [1.807, 2.05) is 19.9 Å². The van der Waals surface area contributed by atoms with Crippen LogP contribution >= 0.6 is 0 Å². The van der Waals surface area contributed by atoms with Crippen LogP contribution in [0.15, 0.2) is 24.5 Å². The average molecular weight is 207 g/mol. The van der Waals surface area contributed by atoms with Crippen LogP contribution in [0.2, 0.25) is 0 Å². The van der Waals surface area contributed by atoms with Crippen LogP contribution in [0.25, 0.3) is 6.08 Å². The first kappa shape index (κ1) is 11.5. The normalized spacial score (nSPS) is 13.9. The van der Waals surface area contributed by atoms with Crippen LogP contribution in [0.5, 0.6) is 0 Å². The SMILES string of the molecule is C=C/C(O)=C/c1cc(C)nn1CC(C)N. The first-order valence-corrected chi connectivity index (χ1v) is 4.86. The lowest BCUT2D eigenvalue weighted by Gasteiger charge is -2.07. The molecule has 0 aliphatic heterocycles. The molecule has 82 valence electrons. The van der Waals surface area contributed by atoms with E-state index in [1.165, 1.54) is 6.08 Å². The van der Waals surface area contributed by atoms with Crippen LogP contribution in [0.1, 0.15) is 18.3 Å². The summed E-state index contributed by atoms with van der Waals surface area (Å²) in [4.78, 5) is 0. The molecule has 15 heavy (non-hydrogen) atoms. The molecule has 0 aromatic carbocycles. The van der Waals surface area contributed by atoms with Crippen molar-refractivity contribution in [2.24, 2.45) is 5.73 Å². The molecule has 1 atom stereocenters. The van der Waals surface area contributed by atoms with Crippen molar-refractivity contribution in [2.75, 3.05) is 0 Å². The summed E-state index contributed by atoms with van der Waals surface area (Å²) < 4.78 is 1.78. The van der Waals surface area contributed by atoms with Gasteiger partial charge in [-0.2, -0.15) is 5.10 Å². The molecule has 4 heteroatoms. The van der Waals surface area contributed by atoms with Gasteiger partial charge in [-0.15, -0.1) is 0 Å². The predicted molar refractivity (Wildman–Crippen MR) is 61.4 cm³/mol. The van der Waals surface area contributed by atoms with Crippen molar-refractivity contribution in [3.05, 3.63) is 35.9 Å². The van der Waals surface area contributed by atoms with E-state index < -0.39 is 0 Å². The summed E-state index contributed by atoms with van der Waals surface area (Å²) >= 11 is 0. The Bertz CT molecular complexity index is 377. The van der Waals surface area contributed by atoms with Gasteiger partial charge < -0.3 is 10.8 Å². The fourth-order valence-electron chi connectivity index (χ4n) is 1.31. The van der Waals surface area contributed by atoms with E-state index in [-0.39, 0.29) is 11.8 Å². The van der Waals surface area contributed by atoms with Gasteiger partial charge in [0.25, 0.3) is 0 Å². The van der Waals surface area contributed by atoms with Crippen molar-refractivity contribution in [3.63, 3.8) is 0 Å². The molecule has 0 amide bonds. The molecule has 0 aliphatic carbocycles. The molecule has 3 N–H and O–H groups in total. The molecule has 0 aliphatic rings. The van der Waals surface area contributed by atoms with Gasteiger partial charge in [0, 0.05) is 12.1 Å². The Balaban J connectivity index is 3.00. The zero-order valence-electron chi connectivity index (χ0n) is 9.14. The Labute approximate surface area is 89.7 Å². The first-order valence-electron chi connectivity index (χ1n) is 4.86. The Morgan fingerprint density at radius 2 is 2.47 bits per heavy atom. The molecule has 0 saturated heterocycles. The fourth-order valence-corrected chi connectivity index (χ4v) is 1.31. The summed E-state index contributed by atoms with van der Waals surface area (Å²) in [5.41, 5.74) is 7.44. The Morgan fingerprint density at radius 3 is 3.00 bits per heavy atom. The number of hydrogen-bond acceptors (Lipinski definition) is 3. The van der Waals surface area contributed by atoms with Crippen LogP contribution in [0, 0.1) is 6.92 Å². The largest absolute Gasteiger partial charge is 0.508 e. The molecule has 1 heterocycles. The molecule has 1 unspecified atom stereocenters. The van der Waals surface area contributed by atoms with Crippen molar-refractivity contribution in [3.8, 4) is 0 Å². The molecular weight excluding hydrogens is 190 g/mol. The van der Waals surface area contributed by atoms with Crippen molar-refractivity contribution in [2.45, 2.75) is 26.4 Å². The van der Waals surface area contributed by atoms with Gasteiger partial charge in [-0.05, 0) is 26.0 Å². The highest BCUT2D eigenvalue weighted by atomic mass is 16.3. The minimum Gasteiger partial charge on any atom is -0.508 e. The molecular formula is C11H17N3O. The van der Waals surface area contributed by atoms with Gasteiger partial charge in [0.1, 0.15) is 5.76 Å². The molecule has 0 bridgehead atoms. The summed E-state index contributed by atoms with van der Waals surface area (Å²) in [5.74, 6) is 0.126. The van der Waals surface area contributed by atoms with Crippen molar-refractivity contribution in [1.29, 1.82) is 0 Å². The number of aromatic nitrogens is 2. The lowest BCUT2D eigenvalue weighted by Crippen LogP contribution is -2.23. The Kier molecular flexibility index (Phi) is 3.68. The lowest BCUT2D eigenvalue weighted by atomic mass is 10.3. The van der Waals surface area contributed by atoms with Gasteiger partial charge in [-0.25, -0.2) is 0 Å². The maximum atomic E-state index is 9.35. The number of aliphatic hydroxyl groups is 1. The maximum Gasteiger partial charge on any atom is 0.117 e. The van der Waals surface area contributed by atoms with E-state index in [1.54, 1.807) is 10.8 Å². The van der Waals surface area contributed by atoms with Crippen molar-refractivity contribution < 1.29 is 5.11 Å². The molecule has 0 fully saturated rings. The predicted octanol–water partition coefficient (Wildman–Crippen LogP) is 1.62. The number of hydrogen-bond donors (Lipinski definition) is 2. The number of nitrogens with zero attached hydrogens (tertiary/aromatic N) is 2. The van der Waals surface area contributed by atoms with E-state index in [0.29, 0.717) is 6.54 Å². The molecule has 1 aromatic rings. The highest BCUT2D eigenvalue weighted by Gasteiger charge is 2.05. The summed E-state index contributed by atoms with van der Waals surface area (Å²) in [7, 11) is 0. The Hall–Kier alpha value is -1.55. The minimum absolute atomic E-state index is 0.0299.